The molecule has 34 heavy (non-hydrogen) atoms. The normalized spacial score (nSPS) is 21.4. The number of ether oxygens (including phenoxy) is 1. The first-order valence-corrected chi connectivity index (χ1v) is 11.8. The summed E-state index contributed by atoms with van der Waals surface area (Å²) < 4.78 is 5.49. The first-order valence-electron chi connectivity index (χ1n) is 11.4. The fraction of sp³-hybridized carbons (Fsp3) is 0.400. The number of piperazine rings is 1. The van der Waals surface area contributed by atoms with Gasteiger partial charge >= 0.3 is 0 Å². The summed E-state index contributed by atoms with van der Waals surface area (Å²) in [5.41, 5.74) is 8.58. The van der Waals surface area contributed by atoms with E-state index in [0.717, 1.165) is 43.2 Å². The summed E-state index contributed by atoms with van der Waals surface area (Å²) in [5.74, 6) is -0.409. The molecule has 4 rings (SSSR count). The van der Waals surface area contributed by atoms with E-state index in [9.17, 15) is 9.59 Å². The molecular weight excluding hydrogens is 454 g/mol. The number of hydrogen-bond acceptors (Lipinski definition) is 7. The van der Waals surface area contributed by atoms with E-state index in [0.29, 0.717) is 23.8 Å². The first-order chi connectivity index (χ1) is 16.4. The maximum Gasteiger partial charge on any atom is 0.260 e. The number of amides is 1. The maximum atomic E-state index is 12.9. The Kier molecular flexibility index (Phi) is 7.50. The van der Waals surface area contributed by atoms with Crippen molar-refractivity contribution in [3.8, 4) is 5.75 Å². The van der Waals surface area contributed by atoms with Crippen LogP contribution in [0.5, 0.6) is 5.75 Å². The minimum absolute atomic E-state index is 0.157. The number of methoxy groups -OCH3 is 1. The third-order valence-electron chi connectivity index (χ3n) is 6.41. The quantitative estimate of drug-likeness (QED) is 0.649. The van der Waals surface area contributed by atoms with Crippen molar-refractivity contribution < 1.29 is 14.3 Å². The average Bonchev–Trinajstić information content (AvgIpc) is 2.85. The smallest absolute Gasteiger partial charge is 0.260 e. The summed E-state index contributed by atoms with van der Waals surface area (Å²) >= 11 is 6.19. The second-order valence-electron chi connectivity index (χ2n) is 8.57. The van der Waals surface area contributed by atoms with Crippen LogP contribution in [0.3, 0.4) is 0 Å². The van der Waals surface area contributed by atoms with Gasteiger partial charge in [0.2, 0.25) is 0 Å². The first kappa shape index (κ1) is 24.2. The van der Waals surface area contributed by atoms with E-state index in [1.165, 1.54) is 11.9 Å². The topological polar surface area (TPSA) is 91.5 Å². The molecule has 1 saturated heterocycles. The number of carbonyl (C=O) groups excluding carboxylic acids is 2. The molecule has 180 valence electrons. The summed E-state index contributed by atoms with van der Waals surface area (Å²) in [4.78, 5) is 29.8. The van der Waals surface area contributed by atoms with Crippen LogP contribution in [-0.2, 0) is 9.59 Å². The van der Waals surface area contributed by atoms with E-state index in [2.05, 4.69) is 14.9 Å². The van der Waals surface area contributed by atoms with Crippen molar-refractivity contribution in [3.05, 3.63) is 59.1 Å². The van der Waals surface area contributed by atoms with E-state index >= 15 is 0 Å². The highest BCUT2D eigenvalue weighted by Gasteiger charge is 2.40. The molecule has 1 fully saturated rings. The van der Waals surface area contributed by atoms with Crippen molar-refractivity contribution in [3.63, 3.8) is 0 Å². The van der Waals surface area contributed by atoms with Gasteiger partial charge in [-0.3, -0.25) is 14.5 Å². The van der Waals surface area contributed by atoms with E-state index in [1.807, 2.05) is 48.5 Å². The monoisotopic (exact) mass is 483 g/mol. The van der Waals surface area contributed by atoms with Crippen molar-refractivity contribution in [1.82, 2.24) is 9.91 Å². The van der Waals surface area contributed by atoms with Gasteiger partial charge in [0, 0.05) is 37.7 Å². The molecule has 0 aliphatic carbocycles. The molecule has 0 bridgehead atoms. The molecule has 0 radical (unpaired) electrons. The van der Waals surface area contributed by atoms with Gasteiger partial charge in [-0.2, -0.15) is 5.10 Å². The van der Waals surface area contributed by atoms with Crippen LogP contribution in [0.4, 0.5) is 5.69 Å². The molecule has 2 aromatic carbocycles. The van der Waals surface area contributed by atoms with Gasteiger partial charge in [-0.05, 0) is 30.7 Å². The summed E-state index contributed by atoms with van der Waals surface area (Å²) in [6, 6.07) is 14.1. The van der Waals surface area contributed by atoms with Gasteiger partial charge < -0.3 is 15.4 Å². The van der Waals surface area contributed by atoms with Crippen LogP contribution in [-0.4, -0.2) is 79.7 Å². The molecule has 9 heteroatoms. The molecule has 0 spiro atoms. The zero-order valence-electron chi connectivity index (χ0n) is 19.5. The molecule has 8 nitrogen and oxygen atoms in total. The minimum Gasteiger partial charge on any atom is -0.495 e. The number of Topliss-reactive ketones (excluding diaryl/α,β-unsaturated/α-hetero) is 1. The SMILES string of the molecule is COc1ccc(Cl)cc1N1CCN(CCN2N=C(c3ccccc3)C(C(C)=O)C(N)C2=O)CC1. The maximum absolute atomic E-state index is 12.9. The Morgan fingerprint density at radius 3 is 2.47 bits per heavy atom. The lowest BCUT2D eigenvalue weighted by Gasteiger charge is -2.38. The number of benzene rings is 2. The van der Waals surface area contributed by atoms with Gasteiger partial charge in [-0.25, -0.2) is 5.01 Å². The molecule has 0 saturated carbocycles. The molecule has 2 atom stereocenters. The predicted molar refractivity (Wildman–Crippen MR) is 133 cm³/mol. The molecule has 0 aromatic heterocycles. The molecule has 2 aliphatic heterocycles. The minimum atomic E-state index is -0.933. The van der Waals surface area contributed by atoms with Crippen LogP contribution in [0, 0.1) is 5.92 Å². The fourth-order valence-corrected chi connectivity index (χ4v) is 4.70. The second kappa shape index (κ2) is 10.5. The molecule has 2 N–H and O–H groups in total. The third kappa shape index (κ3) is 5.09. The Morgan fingerprint density at radius 1 is 1.12 bits per heavy atom. The van der Waals surface area contributed by atoms with Gasteiger partial charge in [0.25, 0.3) is 5.91 Å². The number of halogens is 1. The summed E-state index contributed by atoms with van der Waals surface area (Å²) in [5, 5.41) is 6.70. The summed E-state index contributed by atoms with van der Waals surface area (Å²) in [6.45, 7) is 5.82. The molecule has 2 heterocycles. The summed E-state index contributed by atoms with van der Waals surface area (Å²) in [6.07, 6.45) is 0. The number of nitrogens with two attached hydrogens (primary N) is 1. The highest BCUT2D eigenvalue weighted by atomic mass is 35.5. The number of rotatable bonds is 7. The molecule has 2 aliphatic rings. The van der Waals surface area contributed by atoms with E-state index in [4.69, 9.17) is 22.1 Å². The average molecular weight is 484 g/mol. The number of hydrazone groups is 1. The van der Waals surface area contributed by atoms with Crippen LogP contribution in [0.15, 0.2) is 53.6 Å². The van der Waals surface area contributed by atoms with E-state index < -0.39 is 12.0 Å². The van der Waals surface area contributed by atoms with Crippen molar-refractivity contribution in [2.75, 3.05) is 51.3 Å². The van der Waals surface area contributed by atoms with Gasteiger partial charge in [0.1, 0.15) is 17.6 Å². The van der Waals surface area contributed by atoms with Crippen LogP contribution >= 0.6 is 11.6 Å². The number of hydrogen-bond donors (Lipinski definition) is 1. The lowest BCUT2D eigenvalue weighted by Crippen LogP contribution is -2.56. The highest BCUT2D eigenvalue weighted by molar-refractivity contribution is 6.31. The number of ketones is 1. The van der Waals surface area contributed by atoms with Crippen LogP contribution in [0.2, 0.25) is 5.02 Å². The predicted octanol–water partition coefficient (Wildman–Crippen LogP) is 2.25. The number of carbonyl (C=O) groups is 2. The van der Waals surface area contributed by atoms with Gasteiger partial charge in [0.15, 0.2) is 0 Å². The number of nitrogens with zero attached hydrogens (tertiary/aromatic N) is 4. The Morgan fingerprint density at radius 2 is 1.82 bits per heavy atom. The molecule has 1 amide bonds. The molecule has 2 unspecified atom stereocenters. The largest absolute Gasteiger partial charge is 0.495 e. The zero-order valence-corrected chi connectivity index (χ0v) is 20.2. The van der Waals surface area contributed by atoms with Crippen molar-refractivity contribution >= 4 is 34.7 Å². The van der Waals surface area contributed by atoms with Gasteiger partial charge in [-0.15, -0.1) is 0 Å². The van der Waals surface area contributed by atoms with Crippen LogP contribution < -0.4 is 15.4 Å². The van der Waals surface area contributed by atoms with Crippen molar-refractivity contribution in [2.45, 2.75) is 13.0 Å². The van der Waals surface area contributed by atoms with Crippen molar-refractivity contribution in [2.24, 2.45) is 16.8 Å². The number of anilines is 1. The summed E-state index contributed by atoms with van der Waals surface area (Å²) in [7, 11) is 1.66. The van der Waals surface area contributed by atoms with Crippen LogP contribution in [0.1, 0.15) is 12.5 Å². The fourth-order valence-electron chi connectivity index (χ4n) is 4.54. The third-order valence-corrected chi connectivity index (χ3v) is 6.65. The van der Waals surface area contributed by atoms with Gasteiger partial charge in [0.05, 0.1) is 31.0 Å². The Hall–Kier alpha value is -2.94. The lowest BCUT2D eigenvalue weighted by molar-refractivity contribution is -0.137. The highest BCUT2D eigenvalue weighted by Crippen LogP contribution is 2.32. The molecular formula is C25H30ClN5O3. The lowest BCUT2D eigenvalue weighted by atomic mass is 9.85. The van der Waals surface area contributed by atoms with Crippen LogP contribution in [0.25, 0.3) is 0 Å². The Labute approximate surface area is 204 Å². The molecule has 2 aromatic rings. The van der Waals surface area contributed by atoms with Crippen molar-refractivity contribution in [1.29, 1.82) is 0 Å². The standard InChI is InChI=1S/C25H30ClN5O3/c1-17(32)22-23(27)25(33)31(28-24(22)18-6-4-3-5-7-18)15-12-29-10-13-30(14-11-29)20-16-19(26)8-9-21(20)34-2/h3-9,16,22-23H,10-15,27H2,1-2H3. The zero-order chi connectivity index (χ0) is 24.2. The Balaban J connectivity index is 1.42. The second-order valence-corrected chi connectivity index (χ2v) is 9.01. The van der Waals surface area contributed by atoms with E-state index in [-0.39, 0.29) is 11.7 Å². The van der Waals surface area contributed by atoms with E-state index in [1.54, 1.807) is 7.11 Å². The van der Waals surface area contributed by atoms with Gasteiger partial charge in [-0.1, -0.05) is 41.9 Å². The Bertz CT molecular complexity index is 1070.